The molecule has 2 heterocycles. The number of oxazole rings is 2. The molecule has 0 saturated heterocycles. The number of carbonyl (C=O) groups is 2. The van der Waals surface area contributed by atoms with Crippen LogP contribution in [-0.4, -0.2) is 21.7 Å². The minimum Gasteiger partial charge on any atom is -0.447 e. The lowest BCUT2D eigenvalue weighted by Gasteiger charge is -2.01. The molecule has 140 valence electrons. The predicted octanol–water partition coefficient (Wildman–Crippen LogP) is 4.02. The van der Waals surface area contributed by atoms with Gasteiger partial charge in [-0.2, -0.15) is 4.98 Å². The summed E-state index contributed by atoms with van der Waals surface area (Å²) in [6.45, 7) is 1.56. The molecule has 1 aromatic carbocycles. The van der Waals surface area contributed by atoms with Gasteiger partial charge in [-0.05, 0) is 44.0 Å². The Kier molecular flexibility index (Phi) is 5.75. The number of benzene rings is 1. The van der Waals surface area contributed by atoms with Crippen molar-refractivity contribution in [2.75, 3.05) is 5.32 Å². The minimum absolute atomic E-state index is 0.0626. The van der Waals surface area contributed by atoms with Gasteiger partial charge in [0.25, 0.3) is 5.91 Å². The molecule has 0 bridgehead atoms. The van der Waals surface area contributed by atoms with Gasteiger partial charge in [0.2, 0.25) is 0 Å². The number of aryl methyl sites for hydroxylation is 1. The Bertz CT molecular complexity index is 931. The van der Waals surface area contributed by atoms with Crippen LogP contribution in [0.15, 0.2) is 45.8 Å². The number of Topliss-reactive ketones (excluding diaryl/α,β-unsaturated/α-hetero) is 1. The van der Waals surface area contributed by atoms with Crippen LogP contribution in [0.3, 0.4) is 0 Å². The van der Waals surface area contributed by atoms with Crippen LogP contribution >= 0.6 is 0 Å². The predicted molar refractivity (Wildman–Crippen MR) is 94.6 cm³/mol. The lowest BCUT2D eigenvalue weighted by Crippen LogP contribution is -2.13. The van der Waals surface area contributed by atoms with Crippen molar-refractivity contribution in [2.24, 2.45) is 0 Å². The van der Waals surface area contributed by atoms with Crippen LogP contribution in [0.2, 0.25) is 0 Å². The van der Waals surface area contributed by atoms with Gasteiger partial charge < -0.3 is 18.9 Å². The highest BCUT2D eigenvalue weighted by molar-refractivity contribution is 6.05. The largest absolute Gasteiger partial charge is 0.447 e. The van der Waals surface area contributed by atoms with Crippen molar-refractivity contribution >= 4 is 17.5 Å². The third-order valence-electron chi connectivity index (χ3n) is 3.85. The van der Waals surface area contributed by atoms with E-state index >= 15 is 0 Å². The number of aromatic nitrogens is 2. The lowest BCUT2D eigenvalue weighted by molar-refractivity contribution is -0.117. The molecular weight excluding hydrogens is 353 g/mol. The van der Waals surface area contributed by atoms with Gasteiger partial charge >= 0.3 is 0 Å². The van der Waals surface area contributed by atoms with Crippen LogP contribution in [0.25, 0.3) is 11.3 Å². The maximum absolute atomic E-state index is 13.1. The number of carbonyl (C=O) groups excluding carboxylic acids is 2. The highest BCUT2D eigenvalue weighted by Gasteiger charge is 2.19. The maximum atomic E-state index is 13.1. The molecule has 0 saturated carbocycles. The second-order valence-electron chi connectivity index (χ2n) is 6.03. The molecule has 0 aliphatic heterocycles. The molecule has 0 unspecified atom stereocenters. The molecule has 2 aromatic heterocycles. The van der Waals surface area contributed by atoms with E-state index in [-0.39, 0.29) is 28.9 Å². The zero-order valence-corrected chi connectivity index (χ0v) is 14.7. The number of hydrogen-bond acceptors (Lipinski definition) is 6. The number of ketones is 1. The van der Waals surface area contributed by atoms with E-state index in [1.807, 2.05) is 0 Å². The monoisotopic (exact) mass is 371 g/mol. The van der Waals surface area contributed by atoms with Crippen molar-refractivity contribution in [1.82, 2.24) is 9.97 Å². The number of nitrogens with zero attached hydrogens (tertiary/aromatic N) is 2. The third-order valence-corrected chi connectivity index (χ3v) is 3.85. The Balaban J connectivity index is 1.62. The van der Waals surface area contributed by atoms with Gasteiger partial charge in [0, 0.05) is 18.4 Å². The number of nitrogens with one attached hydrogen (secondary N) is 1. The zero-order chi connectivity index (χ0) is 19.2. The van der Waals surface area contributed by atoms with Crippen LogP contribution in [0.4, 0.5) is 10.2 Å². The number of rotatable bonds is 8. The Labute approximate surface area is 154 Å². The quantitative estimate of drug-likeness (QED) is 0.601. The summed E-state index contributed by atoms with van der Waals surface area (Å²) < 4.78 is 23.7. The van der Waals surface area contributed by atoms with E-state index in [9.17, 15) is 14.0 Å². The van der Waals surface area contributed by atoms with Gasteiger partial charge in [0.15, 0.2) is 29.6 Å². The van der Waals surface area contributed by atoms with Crippen LogP contribution in [-0.2, 0) is 11.2 Å². The van der Waals surface area contributed by atoms with E-state index < -0.39 is 5.91 Å². The van der Waals surface area contributed by atoms with E-state index in [1.54, 1.807) is 6.92 Å². The summed E-state index contributed by atoms with van der Waals surface area (Å²) in [6.07, 6.45) is 5.13. The molecule has 0 fully saturated rings. The van der Waals surface area contributed by atoms with Crippen molar-refractivity contribution in [3.63, 3.8) is 0 Å². The average molecular weight is 371 g/mol. The van der Waals surface area contributed by atoms with Crippen LogP contribution in [0, 0.1) is 5.82 Å². The fourth-order valence-electron chi connectivity index (χ4n) is 2.52. The Hall–Kier alpha value is -3.29. The van der Waals surface area contributed by atoms with E-state index in [0.717, 1.165) is 19.2 Å². The number of halogens is 1. The second-order valence-corrected chi connectivity index (χ2v) is 6.03. The fraction of sp³-hybridized carbons (Fsp3) is 0.263. The van der Waals surface area contributed by atoms with Crippen LogP contribution in [0.1, 0.15) is 42.6 Å². The zero-order valence-electron chi connectivity index (χ0n) is 14.7. The van der Waals surface area contributed by atoms with Gasteiger partial charge in [0.05, 0.1) is 0 Å². The summed E-state index contributed by atoms with van der Waals surface area (Å²) in [4.78, 5) is 31.5. The SMILES string of the molecule is CC(=O)CCCCc1nc(NC(=O)c2ncoc2-c2ccc(F)cc2)co1. The van der Waals surface area contributed by atoms with Gasteiger partial charge in [-0.15, -0.1) is 0 Å². The summed E-state index contributed by atoms with van der Waals surface area (Å²) in [5.41, 5.74) is 0.595. The van der Waals surface area contributed by atoms with Crippen molar-refractivity contribution in [3.8, 4) is 11.3 Å². The summed E-state index contributed by atoms with van der Waals surface area (Å²) in [6, 6.07) is 5.55. The van der Waals surface area contributed by atoms with Crippen LogP contribution in [0.5, 0.6) is 0 Å². The van der Waals surface area contributed by atoms with E-state index in [4.69, 9.17) is 8.83 Å². The normalized spacial score (nSPS) is 10.7. The van der Waals surface area contributed by atoms with Gasteiger partial charge in [-0.25, -0.2) is 9.37 Å². The van der Waals surface area contributed by atoms with Gasteiger partial charge in [0.1, 0.15) is 17.9 Å². The minimum atomic E-state index is -0.514. The Morgan fingerprint density at radius 3 is 2.67 bits per heavy atom. The number of anilines is 1. The standard InChI is InChI=1S/C19H18FN3O4/c1-12(24)4-2-3-5-16-22-15(10-26-16)23-19(25)17-18(27-11-21-17)13-6-8-14(20)9-7-13/h6-11H,2-5H2,1H3,(H,23,25). The van der Waals surface area contributed by atoms with Crippen molar-refractivity contribution in [1.29, 1.82) is 0 Å². The number of unbranched alkanes of at least 4 members (excludes halogenated alkanes) is 1. The van der Waals surface area contributed by atoms with E-state index in [1.165, 1.54) is 30.5 Å². The Morgan fingerprint density at radius 1 is 1.15 bits per heavy atom. The summed E-state index contributed by atoms with van der Waals surface area (Å²) in [5.74, 6) is 0.227. The van der Waals surface area contributed by atoms with Gasteiger partial charge in [-0.3, -0.25) is 4.79 Å². The first-order valence-electron chi connectivity index (χ1n) is 8.47. The molecule has 0 radical (unpaired) electrons. The smallest absolute Gasteiger partial charge is 0.279 e. The fourth-order valence-corrected chi connectivity index (χ4v) is 2.52. The molecular formula is C19H18FN3O4. The molecule has 0 spiro atoms. The molecule has 1 amide bonds. The molecule has 0 atom stereocenters. The molecule has 1 N–H and O–H groups in total. The highest BCUT2D eigenvalue weighted by atomic mass is 19.1. The first kappa shape index (κ1) is 18.5. The highest BCUT2D eigenvalue weighted by Crippen LogP contribution is 2.24. The van der Waals surface area contributed by atoms with Crippen molar-refractivity contribution in [3.05, 3.63) is 54.3 Å². The molecule has 0 aliphatic rings. The van der Waals surface area contributed by atoms with Crippen LogP contribution < -0.4 is 5.32 Å². The molecule has 8 heteroatoms. The molecule has 3 rings (SSSR count). The third kappa shape index (κ3) is 4.87. The van der Waals surface area contributed by atoms with E-state index in [0.29, 0.717) is 24.3 Å². The summed E-state index contributed by atoms with van der Waals surface area (Å²) in [5, 5.41) is 2.60. The molecule has 0 aliphatic carbocycles. The number of hydrogen-bond donors (Lipinski definition) is 1. The lowest BCUT2D eigenvalue weighted by atomic mass is 10.1. The summed E-state index contributed by atoms with van der Waals surface area (Å²) in [7, 11) is 0. The second kappa shape index (κ2) is 8.39. The topological polar surface area (TPSA) is 98.2 Å². The average Bonchev–Trinajstić information content (AvgIpc) is 3.29. The number of amides is 1. The van der Waals surface area contributed by atoms with Gasteiger partial charge in [-0.1, -0.05) is 0 Å². The summed E-state index contributed by atoms with van der Waals surface area (Å²) >= 11 is 0. The molecule has 3 aromatic rings. The Morgan fingerprint density at radius 2 is 1.93 bits per heavy atom. The molecule has 7 nitrogen and oxygen atoms in total. The van der Waals surface area contributed by atoms with Crippen molar-refractivity contribution in [2.45, 2.75) is 32.6 Å². The van der Waals surface area contributed by atoms with E-state index in [2.05, 4.69) is 15.3 Å². The molecule has 27 heavy (non-hydrogen) atoms. The first-order valence-corrected chi connectivity index (χ1v) is 8.47. The maximum Gasteiger partial charge on any atom is 0.279 e. The first-order chi connectivity index (χ1) is 13.0. The van der Waals surface area contributed by atoms with Crippen molar-refractivity contribution < 1.29 is 22.8 Å².